The van der Waals surface area contributed by atoms with Gasteiger partial charge in [0.15, 0.2) is 11.0 Å². The molecule has 0 spiro atoms. The van der Waals surface area contributed by atoms with Crippen molar-refractivity contribution in [3.63, 3.8) is 0 Å². The number of hydrogen-bond donors (Lipinski definition) is 2. The fourth-order valence-electron chi connectivity index (χ4n) is 3.22. The maximum Gasteiger partial charge on any atom is 0.234 e. The second-order valence-corrected chi connectivity index (χ2v) is 8.72. The second-order valence-electron chi connectivity index (χ2n) is 6.86. The third-order valence-corrected chi connectivity index (χ3v) is 6.17. The first-order chi connectivity index (χ1) is 15.7. The summed E-state index contributed by atoms with van der Waals surface area (Å²) in [5.41, 5.74) is 3.36. The zero-order chi connectivity index (χ0) is 21.9. The minimum Gasteiger partial charge on any atom is -0.325 e. The molecule has 3 heterocycles. The number of carbonyl (C=O) groups is 1. The number of carbonyl (C=O) groups excluding carboxylic acids is 1. The molecule has 0 aliphatic rings. The first kappa shape index (κ1) is 20.4. The number of hydrogen-bond acceptors (Lipinski definition) is 6. The van der Waals surface area contributed by atoms with E-state index in [1.54, 1.807) is 18.6 Å². The zero-order valence-electron chi connectivity index (χ0n) is 16.6. The quantitative estimate of drug-likeness (QED) is 0.324. The highest BCUT2D eigenvalue weighted by molar-refractivity contribution is 9.10. The average molecular weight is 506 g/mol. The molecule has 158 valence electrons. The van der Waals surface area contributed by atoms with Gasteiger partial charge in [0.25, 0.3) is 0 Å². The van der Waals surface area contributed by atoms with Crippen LogP contribution in [-0.4, -0.2) is 41.6 Å². The number of rotatable bonds is 6. The van der Waals surface area contributed by atoms with Gasteiger partial charge in [-0.1, -0.05) is 27.7 Å². The summed E-state index contributed by atoms with van der Waals surface area (Å²) < 4.78 is 2.92. The molecular formula is C22H16BrN7OS. The van der Waals surface area contributed by atoms with Crippen molar-refractivity contribution < 1.29 is 4.79 Å². The van der Waals surface area contributed by atoms with Crippen LogP contribution in [0.2, 0.25) is 0 Å². The maximum atomic E-state index is 12.6. The molecular weight excluding hydrogens is 490 g/mol. The number of amides is 1. The summed E-state index contributed by atoms with van der Waals surface area (Å²) in [7, 11) is 0. The van der Waals surface area contributed by atoms with E-state index in [1.165, 1.54) is 11.8 Å². The predicted molar refractivity (Wildman–Crippen MR) is 128 cm³/mol. The molecule has 2 aromatic carbocycles. The van der Waals surface area contributed by atoms with Gasteiger partial charge in [0.1, 0.15) is 0 Å². The zero-order valence-corrected chi connectivity index (χ0v) is 19.0. The lowest BCUT2D eigenvalue weighted by Gasteiger charge is -2.11. The number of nitrogens with zero attached hydrogens (tertiary/aromatic N) is 5. The Morgan fingerprint density at radius 1 is 1.06 bits per heavy atom. The lowest BCUT2D eigenvalue weighted by Crippen LogP contribution is -2.14. The molecule has 1 amide bonds. The van der Waals surface area contributed by atoms with E-state index in [-0.39, 0.29) is 11.7 Å². The highest BCUT2D eigenvalue weighted by Crippen LogP contribution is 2.28. The van der Waals surface area contributed by atoms with E-state index in [2.05, 4.69) is 46.6 Å². The fraction of sp³-hybridized carbons (Fsp3) is 0.0455. The molecule has 0 radical (unpaired) electrons. The maximum absolute atomic E-state index is 12.6. The van der Waals surface area contributed by atoms with Gasteiger partial charge in [-0.3, -0.25) is 19.4 Å². The van der Waals surface area contributed by atoms with Crippen molar-refractivity contribution in [3.05, 3.63) is 77.7 Å². The summed E-state index contributed by atoms with van der Waals surface area (Å²) in [5, 5.41) is 20.2. The van der Waals surface area contributed by atoms with Gasteiger partial charge in [-0.25, -0.2) is 0 Å². The van der Waals surface area contributed by atoms with Crippen molar-refractivity contribution in [2.24, 2.45) is 0 Å². The first-order valence-corrected chi connectivity index (χ1v) is 11.4. The molecule has 0 bridgehead atoms. The van der Waals surface area contributed by atoms with Crippen LogP contribution in [0.1, 0.15) is 0 Å². The Hall–Kier alpha value is -3.50. The minimum absolute atomic E-state index is 0.135. The molecule has 0 atom stereocenters. The van der Waals surface area contributed by atoms with E-state index in [4.69, 9.17) is 0 Å². The molecule has 0 aliphatic carbocycles. The Morgan fingerprint density at radius 2 is 1.88 bits per heavy atom. The third kappa shape index (κ3) is 4.27. The Balaban J connectivity index is 1.38. The third-order valence-electron chi connectivity index (χ3n) is 4.71. The fourth-order valence-corrected chi connectivity index (χ4v) is 4.23. The Labute approximate surface area is 195 Å². The lowest BCUT2D eigenvalue weighted by molar-refractivity contribution is -0.113. The normalized spacial score (nSPS) is 11.0. The standard InChI is InChI=1S/C22H16BrN7OS/c23-16-2-5-18(6-3-16)30-21(14-7-9-24-10-8-14)28-29-22(30)32-13-20(31)26-17-4-1-15-12-25-27-19(15)11-17/h1-12H,13H2,(H,25,27)(H,26,31). The number of halogens is 1. The number of nitrogens with one attached hydrogen (secondary N) is 2. The van der Waals surface area contributed by atoms with Gasteiger partial charge in [0.2, 0.25) is 5.91 Å². The molecule has 0 aliphatic heterocycles. The van der Waals surface area contributed by atoms with Crippen molar-refractivity contribution >= 4 is 50.2 Å². The van der Waals surface area contributed by atoms with Gasteiger partial charge in [-0.2, -0.15) is 5.10 Å². The van der Waals surface area contributed by atoms with Crippen LogP contribution in [0.25, 0.3) is 28.0 Å². The average Bonchev–Trinajstić information content (AvgIpc) is 3.45. The summed E-state index contributed by atoms with van der Waals surface area (Å²) in [6, 6.07) is 17.2. The number of aromatic nitrogens is 6. The van der Waals surface area contributed by atoms with Crippen molar-refractivity contribution in [3.8, 4) is 17.1 Å². The molecule has 5 aromatic rings. The Kier molecular flexibility index (Phi) is 5.70. The summed E-state index contributed by atoms with van der Waals surface area (Å²) in [6.45, 7) is 0. The lowest BCUT2D eigenvalue weighted by atomic mass is 10.2. The van der Waals surface area contributed by atoms with Crippen LogP contribution in [0.15, 0.2) is 82.8 Å². The van der Waals surface area contributed by atoms with E-state index >= 15 is 0 Å². The molecule has 32 heavy (non-hydrogen) atoms. The smallest absolute Gasteiger partial charge is 0.234 e. The summed E-state index contributed by atoms with van der Waals surface area (Å²) in [5.74, 6) is 0.735. The van der Waals surface area contributed by atoms with Crippen LogP contribution < -0.4 is 5.32 Å². The first-order valence-electron chi connectivity index (χ1n) is 9.65. The molecule has 0 saturated heterocycles. The van der Waals surface area contributed by atoms with Crippen LogP contribution in [-0.2, 0) is 4.79 Å². The number of fused-ring (bicyclic) bond motifs is 1. The van der Waals surface area contributed by atoms with Crippen LogP contribution in [0.5, 0.6) is 0 Å². The Bertz CT molecular complexity index is 1380. The summed E-state index contributed by atoms with van der Waals surface area (Å²) in [4.78, 5) is 16.7. The van der Waals surface area contributed by atoms with Crippen LogP contribution in [0.3, 0.4) is 0 Å². The van der Waals surface area contributed by atoms with Crippen LogP contribution in [0.4, 0.5) is 5.69 Å². The van der Waals surface area contributed by atoms with Crippen LogP contribution in [0, 0.1) is 0 Å². The topological polar surface area (TPSA) is 101 Å². The van der Waals surface area contributed by atoms with E-state index in [9.17, 15) is 4.79 Å². The van der Waals surface area contributed by atoms with E-state index in [1.807, 2.05) is 59.2 Å². The summed E-state index contributed by atoms with van der Waals surface area (Å²) in [6.07, 6.45) is 5.17. The minimum atomic E-state index is -0.135. The summed E-state index contributed by atoms with van der Waals surface area (Å²) >= 11 is 4.80. The SMILES string of the molecule is O=C(CSc1nnc(-c2ccncc2)n1-c1ccc(Br)cc1)Nc1ccc2cn[nH]c2c1. The molecule has 0 fully saturated rings. The number of aromatic amines is 1. The van der Waals surface area contributed by atoms with Crippen LogP contribution >= 0.6 is 27.7 Å². The molecule has 3 aromatic heterocycles. The van der Waals surface area contributed by atoms with Gasteiger partial charge >= 0.3 is 0 Å². The van der Waals surface area contributed by atoms with Gasteiger partial charge < -0.3 is 5.32 Å². The number of thioether (sulfide) groups is 1. The van der Waals surface area contributed by atoms with Crippen molar-refractivity contribution in [2.45, 2.75) is 5.16 Å². The molecule has 0 unspecified atom stereocenters. The highest BCUT2D eigenvalue weighted by Gasteiger charge is 2.17. The van der Waals surface area contributed by atoms with E-state index < -0.39 is 0 Å². The number of H-pyrrole nitrogens is 1. The molecule has 8 nitrogen and oxygen atoms in total. The number of pyridine rings is 1. The molecule has 0 saturated carbocycles. The number of benzene rings is 2. The largest absolute Gasteiger partial charge is 0.325 e. The Morgan fingerprint density at radius 3 is 2.69 bits per heavy atom. The molecule has 10 heteroatoms. The molecule has 5 rings (SSSR count). The highest BCUT2D eigenvalue weighted by atomic mass is 79.9. The van der Waals surface area contributed by atoms with Gasteiger partial charge in [0, 0.05) is 39.2 Å². The van der Waals surface area contributed by atoms with E-state index in [0.29, 0.717) is 16.7 Å². The van der Waals surface area contributed by atoms with Crippen molar-refractivity contribution in [2.75, 3.05) is 11.1 Å². The van der Waals surface area contributed by atoms with E-state index in [0.717, 1.165) is 26.6 Å². The van der Waals surface area contributed by atoms with Crippen molar-refractivity contribution in [1.29, 1.82) is 0 Å². The van der Waals surface area contributed by atoms with Crippen molar-refractivity contribution in [1.82, 2.24) is 29.9 Å². The predicted octanol–water partition coefficient (Wildman–Crippen LogP) is 4.70. The van der Waals surface area contributed by atoms with Gasteiger partial charge in [-0.15, -0.1) is 10.2 Å². The molecule has 2 N–H and O–H groups in total. The van der Waals surface area contributed by atoms with Gasteiger partial charge in [-0.05, 0) is 54.6 Å². The second kappa shape index (κ2) is 8.93. The monoisotopic (exact) mass is 505 g/mol. The van der Waals surface area contributed by atoms with Gasteiger partial charge in [0.05, 0.1) is 17.5 Å². The number of anilines is 1.